The van der Waals surface area contributed by atoms with Crippen molar-refractivity contribution >= 4 is 23.2 Å². The SMILES string of the molecule is C=CC(=O)CC1COc2c(Oc3ccc(Cl)cc3)cccc2C1=O. The number of ether oxygens (including phenoxy) is 2. The van der Waals surface area contributed by atoms with Crippen LogP contribution in [0.25, 0.3) is 0 Å². The molecule has 0 bridgehead atoms. The van der Waals surface area contributed by atoms with Gasteiger partial charge in [-0.15, -0.1) is 0 Å². The van der Waals surface area contributed by atoms with Crippen molar-refractivity contribution in [2.75, 3.05) is 6.61 Å². The van der Waals surface area contributed by atoms with E-state index in [0.29, 0.717) is 27.8 Å². The van der Waals surface area contributed by atoms with Crippen molar-refractivity contribution in [2.24, 2.45) is 5.92 Å². The van der Waals surface area contributed by atoms with Crippen LogP contribution in [0.3, 0.4) is 0 Å². The van der Waals surface area contributed by atoms with Gasteiger partial charge in [0, 0.05) is 11.4 Å². The fraction of sp³-hybridized carbons (Fsp3) is 0.158. The molecule has 3 rings (SSSR count). The number of halogens is 1. The Morgan fingerprint density at radius 1 is 1.29 bits per heavy atom. The molecule has 4 nitrogen and oxygen atoms in total. The molecule has 0 saturated carbocycles. The summed E-state index contributed by atoms with van der Waals surface area (Å²) in [6.07, 6.45) is 1.33. The molecule has 0 spiro atoms. The summed E-state index contributed by atoms with van der Waals surface area (Å²) in [6, 6.07) is 12.0. The van der Waals surface area contributed by atoms with Gasteiger partial charge in [-0.1, -0.05) is 24.2 Å². The Kier molecular flexibility index (Phi) is 4.67. The van der Waals surface area contributed by atoms with Gasteiger partial charge in [0.25, 0.3) is 0 Å². The number of carbonyl (C=O) groups is 2. The normalized spacial score (nSPS) is 16.0. The van der Waals surface area contributed by atoms with Crippen molar-refractivity contribution in [3.63, 3.8) is 0 Å². The lowest BCUT2D eigenvalue weighted by molar-refractivity contribution is -0.115. The monoisotopic (exact) mass is 342 g/mol. The highest BCUT2D eigenvalue weighted by molar-refractivity contribution is 6.30. The van der Waals surface area contributed by atoms with Gasteiger partial charge < -0.3 is 9.47 Å². The topological polar surface area (TPSA) is 52.6 Å². The zero-order valence-electron chi connectivity index (χ0n) is 12.8. The molecule has 0 N–H and O–H groups in total. The zero-order chi connectivity index (χ0) is 17.1. The minimum atomic E-state index is -0.492. The van der Waals surface area contributed by atoms with Crippen LogP contribution in [0.1, 0.15) is 16.8 Å². The number of benzene rings is 2. The highest BCUT2D eigenvalue weighted by Gasteiger charge is 2.32. The average molecular weight is 343 g/mol. The second-order valence-electron chi connectivity index (χ2n) is 5.44. The van der Waals surface area contributed by atoms with E-state index in [0.717, 1.165) is 0 Å². The van der Waals surface area contributed by atoms with Gasteiger partial charge >= 0.3 is 0 Å². The van der Waals surface area contributed by atoms with Crippen molar-refractivity contribution in [3.05, 3.63) is 65.7 Å². The molecule has 2 aromatic carbocycles. The smallest absolute Gasteiger partial charge is 0.173 e. The summed E-state index contributed by atoms with van der Waals surface area (Å²) < 4.78 is 11.5. The fourth-order valence-electron chi connectivity index (χ4n) is 2.53. The minimum absolute atomic E-state index is 0.101. The van der Waals surface area contributed by atoms with Crippen LogP contribution in [-0.4, -0.2) is 18.2 Å². The molecule has 1 aliphatic heterocycles. The van der Waals surface area contributed by atoms with E-state index in [1.807, 2.05) is 0 Å². The standard InChI is InChI=1S/C19H15ClO4/c1-2-14(21)10-12-11-23-19-16(18(12)22)4-3-5-17(19)24-15-8-6-13(20)7-9-15/h2-9,12H,1,10-11H2. The highest BCUT2D eigenvalue weighted by Crippen LogP contribution is 2.39. The quantitative estimate of drug-likeness (QED) is 0.752. The summed E-state index contributed by atoms with van der Waals surface area (Å²) in [5, 5.41) is 0.610. The Balaban J connectivity index is 1.86. The molecule has 1 heterocycles. The predicted molar refractivity (Wildman–Crippen MR) is 91.1 cm³/mol. The van der Waals surface area contributed by atoms with Gasteiger partial charge in [0.1, 0.15) is 5.75 Å². The number of ketones is 2. The van der Waals surface area contributed by atoms with E-state index >= 15 is 0 Å². The third-order valence-electron chi connectivity index (χ3n) is 3.76. The van der Waals surface area contributed by atoms with Gasteiger partial charge in [-0.05, 0) is 42.5 Å². The highest BCUT2D eigenvalue weighted by atomic mass is 35.5. The molecule has 2 aromatic rings. The lowest BCUT2D eigenvalue weighted by Gasteiger charge is -2.25. The van der Waals surface area contributed by atoms with E-state index in [1.165, 1.54) is 6.08 Å². The molecule has 5 heteroatoms. The molecule has 0 radical (unpaired) electrons. The van der Waals surface area contributed by atoms with Crippen LogP contribution in [0.2, 0.25) is 5.02 Å². The summed E-state index contributed by atoms with van der Waals surface area (Å²) >= 11 is 5.86. The summed E-state index contributed by atoms with van der Waals surface area (Å²) in [5.74, 6) is 0.667. The van der Waals surface area contributed by atoms with E-state index in [4.69, 9.17) is 21.1 Å². The Morgan fingerprint density at radius 3 is 2.75 bits per heavy atom. The zero-order valence-corrected chi connectivity index (χ0v) is 13.6. The van der Waals surface area contributed by atoms with Crippen molar-refractivity contribution in [2.45, 2.75) is 6.42 Å². The predicted octanol–water partition coefficient (Wildman–Crippen LogP) is 4.47. The number of rotatable bonds is 5. The first-order chi connectivity index (χ1) is 11.6. The Hall–Kier alpha value is -2.59. The van der Waals surface area contributed by atoms with Crippen molar-refractivity contribution in [1.29, 1.82) is 0 Å². The van der Waals surface area contributed by atoms with Gasteiger partial charge in [0.2, 0.25) is 0 Å². The lowest BCUT2D eigenvalue weighted by atomic mass is 9.91. The van der Waals surface area contributed by atoms with Gasteiger partial charge in [0.15, 0.2) is 23.1 Å². The molecule has 0 aliphatic carbocycles. The van der Waals surface area contributed by atoms with Gasteiger partial charge in [-0.2, -0.15) is 0 Å². The average Bonchev–Trinajstić information content (AvgIpc) is 2.59. The third kappa shape index (κ3) is 3.34. The number of hydrogen-bond acceptors (Lipinski definition) is 4. The van der Waals surface area contributed by atoms with E-state index in [9.17, 15) is 9.59 Å². The molecule has 122 valence electrons. The van der Waals surface area contributed by atoms with Crippen LogP contribution in [-0.2, 0) is 4.79 Å². The molecule has 0 fully saturated rings. The number of hydrogen-bond donors (Lipinski definition) is 0. The van der Waals surface area contributed by atoms with E-state index < -0.39 is 5.92 Å². The molecule has 1 atom stereocenters. The number of carbonyl (C=O) groups excluding carboxylic acids is 2. The van der Waals surface area contributed by atoms with Crippen LogP contribution < -0.4 is 9.47 Å². The molecular weight excluding hydrogens is 328 g/mol. The molecular formula is C19H15ClO4. The maximum absolute atomic E-state index is 12.6. The second kappa shape index (κ2) is 6.89. The summed E-state index contributed by atoms with van der Waals surface area (Å²) in [6.45, 7) is 3.58. The largest absolute Gasteiger partial charge is 0.488 e. The number of para-hydroxylation sites is 1. The first kappa shape index (κ1) is 16.3. The Labute approximate surface area is 144 Å². The van der Waals surface area contributed by atoms with Gasteiger partial charge in [0.05, 0.1) is 18.1 Å². The summed E-state index contributed by atoms with van der Waals surface area (Å²) in [7, 11) is 0. The van der Waals surface area contributed by atoms with Crippen molar-refractivity contribution in [1.82, 2.24) is 0 Å². The third-order valence-corrected chi connectivity index (χ3v) is 4.01. The first-order valence-electron chi connectivity index (χ1n) is 7.47. The number of allylic oxidation sites excluding steroid dienone is 1. The van der Waals surface area contributed by atoms with Crippen LogP contribution in [0.5, 0.6) is 17.2 Å². The summed E-state index contributed by atoms with van der Waals surface area (Å²) in [5.41, 5.74) is 0.426. The van der Waals surface area contributed by atoms with E-state index in [-0.39, 0.29) is 24.6 Å². The van der Waals surface area contributed by atoms with Crippen molar-refractivity contribution < 1.29 is 19.1 Å². The van der Waals surface area contributed by atoms with Crippen LogP contribution in [0.15, 0.2) is 55.1 Å². The maximum atomic E-state index is 12.6. The van der Waals surface area contributed by atoms with Gasteiger partial charge in [-0.3, -0.25) is 9.59 Å². The van der Waals surface area contributed by atoms with Gasteiger partial charge in [-0.25, -0.2) is 0 Å². The maximum Gasteiger partial charge on any atom is 0.173 e. The van der Waals surface area contributed by atoms with E-state index in [1.54, 1.807) is 42.5 Å². The van der Waals surface area contributed by atoms with Crippen LogP contribution in [0, 0.1) is 5.92 Å². The first-order valence-corrected chi connectivity index (χ1v) is 7.85. The molecule has 0 amide bonds. The number of Topliss-reactive ketones (excluding diaryl/α,β-unsaturated/α-hetero) is 1. The summed E-state index contributed by atoms with van der Waals surface area (Å²) in [4.78, 5) is 24.1. The molecule has 24 heavy (non-hydrogen) atoms. The van der Waals surface area contributed by atoms with Crippen LogP contribution in [0.4, 0.5) is 0 Å². The fourth-order valence-corrected chi connectivity index (χ4v) is 2.65. The molecule has 0 saturated heterocycles. The Bertz CT molecular complexity index is 796. The Morgan fingerprint density at radius 2 is 2.04 bits per heavy atom. The molecule has 1 aliphatic rings. The van der Waals surface area contributed by atoms with E-state index in [2.05, 4.69) is 6.58 Å². The van der Waals surface area contributed by atoms with Crippen molar-refractivity contribution in [3.8, 4) is 17.2 Å². The molecule has 1 unspecified atom stereocenters. The minimum Gasteiger partial charge on any atom is -0.488 e. The second-order valence-corrected chi connectivity index (χ2v) is 5.87. The van der Waals surface area contributed by atoms with Crippen LogP contribution >= 0.6 is 11.6 Å². The number of fused-ring (bicyclic) bond motifs is 1. The molecule has 0 aromatic heterocycles. The lowest BCUT2D eigenvalue weighted by Crippen LogP contribution is -2.29.